The van der Waals surface area contributed by atoms with E-state index < -0.39 is 6.10 Å². The molecule has 0 aliphatic rings. The smallest absolute Gasteiger partial charge is 0.220 e. The number of halogens is 1. The van der Waals surface area contributed by atoms with Crippen LogP contribution in [-0.4, -0.2) is 29.1 Å². The molecular weight excluding hydrogens is 326 g/mol. The summed E-state index contributed by atoms with van der Waals surface area (Å²) in [7, 11) is 0. The summed E-state index contributed by atoms with van der Waals surface area (Å²) in [6, 6.07) is 7.18. The van der Waals surface area contributed by atoms with Crippen molar-refractivity contribution >= 4 is 33.6 Å². The van der Waals surface area contributed by atoms with E-state index in [0.29, 0.717) is 6.42 Å². The van der Waals surface area contributed by atoms with Crippen molar-refractivity contribution in [3.05, 3.63) is 34.3 Å². The second kappa shape index (κ2) is 8.61. The summed E-state index contributed by atoms with van der Waals surface area (Å²) in [5.74, 6) is 0.981. The summed E-state index contributed by atoms with van der Waals surface area (Å²) in [4.78, 5) is 11.7. The molecule has 1 amide bonds. The van der Waals surface area contributed by atoms with Crippen molar-refractivity contribution in [1.29, 1.82) is 0 Å². The summed E-state index contributed by atoms with van der Waals surface area (Å²) >= 11 is 5.09. The Morgan fingerprint density at radius 3 is 2.63 bits per heavy atom. The van der Waals surface area contributed by atoms with Gasteiger partial charge in [0.2, 0.25) is 5.91 Å². The number of aliphatic hydroxyl groups is 1. The zero-order chi connectivity index (χ0) is 14.3. The first-order valence-electron chi connectivity index (χ1n) is 6.26. The van der Waals surface area contributed by atoms with Crippen LogP contribution in [-0.2, 0) is 4.79 Å². The predicted octanol–water partition coefficient (Wildman–Crippen LogP) is 3.13. The Morgan fingerprint density at radius 2 is 2.05 bits per heavy atom. The lowest BCUT2D eigenvalue weighted by molar-refractivity contribution is -0.122. The highest BCUT2D eigenvalue weighted by Crippen LogP contribution is 2.19. The molecule has 0 aromatic heterocycles. The summed E-state index contributed by atoms with van der Waals surface area (Å²) < 4.78 is 0.970. The van der Waals surface area contributed by atoms with Gasteiger partial charge in [0.1, 0.15) is 0 Å². The molecule has 0 fully saturated rings. The molecule has 0 spiro atoms. The van der Waals surface area contributed by atoms with Gasteiger partial charge in [0, 0.05) is 10.9 Å². The minimum absolute atomic E-state index is 0.00212. The third-order valence-corrected chi connectivity index (χ3v) is 4.05. The summed E-state index contributed by atoms with van der Waals surface area (Å²) in [6.07, 6.45) is 2.72. The molecular formula is C14H20BrNO2S. The van der Waals surface area contributed by atoms with Crippen LogP contribution in [0.4, 0.5) is 0 Å². The van der Waals surface area contributed by atoms with Crippen LogP contribution in [0.3, 0.4) is 0 Å². The summed E-state index contributed by atoms with van der Waals surface area (Å²) in [6.45, 7) is 1.82. The topological polar surface area (TPSA) is 49.3 Å². The zero-order valence-electron chi connectivity index (χ0n) is 11.2. The first-order chi connectivity index (χ1) is 9.04. The molecule has 0 aliphatic heterocycles. The highest BCUT2D eigenvalue weighted by molar-refractivity contribution is 9.10. The lowest BCUT2D eigenvalue weighted by atomic mass is 10.0. The monoisotopic (exact) mass is 345 g/mol. The predicted molar refractivity (Wildman–Crippen MR) is 84.3 cm³/mol. The summed E-state index contributed by atoms with van der Waals surface area (Å²) in [5, 5.41) is 13.0. The number of thioether (sulfide) groups is 1. The van der Waals surface area contributed by atoms with Crippen molar-refractivity contribution in [3.63, 3.8) is 0 Å². The Labute approximate surface area is 127 Å². The Balaban J connectivity index is 2.46. The zero-order valence-corrected chi connectivity index (χ0v) is 13.6. The molecule has 0 saturated carbocycles. The largest absolute Gasteiger partial charge is 0.386 e. The van der Waals surface area contributed by atoms with E-state index in [4.69, 9.17) is 0 Å². The molecule has 1 aromatic rings. The molecule has 5 heteroatoms. The SMILES string of the molecule is CSCCCC(=O)NC(C)C(O)c1ccc(Br)cc1. The first-order valence-corrected chi connectivity index (χ1v) is 8.45. The molecule has 2 atom stereocenters. The van der Waals surface area contributed by atoms with Crippen LogP contribution in [0.1, 0.15) is 31.4 Å². The average Bonchev–Trinajstić information content (AvgIpc) is 2.39. The van der Waals surface area contributed by atoms with E-state index in [0.717, 1.165) is 22.2 Å². The fourth-order valence-electron chi connectivity index (χ4n) is 1.73. The van der Waals surface area contributed by atoms with E-state index in [9.17, 15) is 9.90 Å². The van der Waals surface area contributed by atoms with E-state index >= 15 is 0 Å². The maximum absolute atomic E-state index is 11.7. The van der Waals surface area contributed by atoms with E-state index in [-0.39, 0.29) is 11.9 Å². The van der Waals surface area contributed by atoms with Crippen molar-refractivity contribution < 1.29 is 9.90 Å². The molecule has 0 radical (unpaired) electrons. The molecule has 0 heterocycles. The van der Waals surface area contributed by atoms with Gasteiger partial charge in [-0.25, -0.2) is 0 Å². The second-order valence-electron chi connectivity index (χ2n) is 4.45. The number of carbonyl (C=O) groups is 1. The summed E-state index contributed by atoms with van der Waals surface area (Å²) in [5.41, 5.74) is 0.806. The van der Waals surface area contributed by atoms with Crippen molar-refractivity contribution in [3.8, 4) is 0 Å². The van der Waals surface area contributed by atoms with Gasteiger partial charge in [-0.2, -0.15) is 11.8 Å². The standard InChI is InChI=1S/C14H20BrNO2S/c1-10(16-13(17)4-3-9-19-2)14(18)11-5-7-12(15)8-6-11/h5-8,10,14,18H,3-4,9H2,1-2H3,(H,16,17). The number of hydrogen-bond donors (Lipinski definition) is 2. The third-order valence-electron chi connectivity index (χ3n) is 2.83. The van der Waals surface area contributed by atoms with E-state index in [1.807, 2.05) is 37.4 Å². The molecule has 0 bridgehead atoms. The lowest BCUT2D eigenvalue weighted by Crippen LogP contribution is -2.37. The van der Waals surface area contributed by atoms with Crippen LogP contribution in [0.2, 0.25) is 0 Å². The molecule has 19 heavy (non-hydrogen) atoms. The Kier molecular flexibility index (Phi) is 7.49. The van der Waals surface area contributed by atoms with Crippen molar-refractivity contribution in [2.75, 3.05) is 12.0 Å². The van der Waals surface area contributed by atoms with Gasteiger partial charge in [-0.05, 0) is 43.0 Å². The molecule has 2 N–H and O–H groups in total. The molecule has 2 unspecified atom stereocenters. The fourth-order valence-corrected chi connectivity index (χ4v) is 2.43. The van der Waals surface area contributed by atoms with Gasteiger partial charge in [-0.15, -0.1) is 0 Å². The lowest BCUT2D eigenvalue weighted by Gasteiger charge is -2.20. The van der Waals surface area contributed by atoms with Gasteiger partial charge in [-0.3, -0.25) is 4.79 Å². The Bertz CT molecular complexity index is 397. The second-order valence-corrected chi connectivity index (χ2v) is 6.35. The minimum atomic E-state index is -0.683. The quantitative estimate of drug-likeness (QED) is 0.746. The van der Waals surface area contributed by atoms with Crippen LogP contribution in [0.25, 0.3) is 0 Å². The van der Waals surface area contributed by atoms with Crippen molar-refractivity contribution in [1.82, 2.24) is 5.32 Å². The molecule has 0 aliphatic carbocycles. The van der Waals surface area contributed by atoms with Gasteiger partial charge < -0.3 is 10.4 Å². The van der Waals surface area contributed by atoms with Gasteiger partial charge in [0.05, 0.1) is 12.1 Å². The van der Waals surface area contributed by atoms with Crippen molar-refractivity contribution in [2.45, 2.75) is 31.9 Å². The Hall–Kier alpha value is -0.520. The number of nitrogens with one attached hydrogen (secondary N) is 1. The molecule has 1 aromatic carbocycles. The molecule has 3 nitrogen and oxygen atoms in total. The number of amides is 1. The first kappa shape index (κ1) is 16.5. The average molecular weight is 346 g/mol. The van der Waals surface area contributed by atoms with Gasteiger partial charge in [-0.1, -0.05) is 28.1 Å². The number of rotatable bonds is 7. The minimum Gasteiger partial charge on any atom is -0.386 e. The molecule has 1 rings (SSSR count). The van der Waals surface area contributed by atoms with Crippen LogP contribution in [0, 0.1) is 0 Å². The van der Waals surface area contributed by atoms with E-state index in [1.165, 1.54) is 0 Å². The number of hydrogen-bond acceptors (Lipinski definition) is 3. The van der Waals surface area contributed by atoms with Gasteiger partial charge in [0.25, 0.3) is 0 Å². The molecule has 106 valence electrons. The highest BCUT2D eigenvalue weighted by atomic mass is 79.9. The highest BCUT2D eigenvalue weighted by Gasteiger charge is 2.17. The van der Waals surface area contributed by atoms with E-state index in [1.54, 1.807) is 11.8 Å². The normalized spacial score (nSPS) is 13.9. The van der Waals surface area contributed by atoms with Gasteiger partial charge in [0.15, 0.2) is 0 Å². The molecule has 0 saturated heterocycles. The number of aliphatic hydroxyl groups excluding tert-OH is 1. The fraction of sp³-hybridized carbons (Fsp3) is 0.500. The van der Waals surface area contributed by atoms with Crippen molar-refractivity contribution in [2.24, 2.45) is 0 Å². The maximum atomic E-state index is 11.7. The van der Waals surface area contributed by atoms with Crippen LogP contribution < -0.4 is 5.32 Å². The Morgan fingerprint density at radius 1 is 1.42 bits per heavy atom. The van der Waals surface area contributed by atoms with Crippen LogP contribution >= 0.6 is 27.7 Å². The van der Waals surface area contributed by atoms with E-state index in [2.05, 4.69) is 21.2 Å². The van der Waals surface area contributed by atoms with Gasteiger partial charge >= 0.3 is 0 Å². The number of benzene rings is 1. The maximum Gasteiger partial charge on any atom is 0.220 e. The number of carbonyl (C=O) groups excluding carboxylic acids is 1. The van der Waals surface area contributed by atoms with Crippen LogP contribution in [0.5, 0.6) is 0 Å². The van der Waals surface area contributed by atoms with Crippen LogP contribution in [0.15, 0.2) is 28.7 Å². The third kappa shape index (κ3) is 5.97.